The molecule has 0 saturated carbocycles. The SMILES string of the molecule is FC(F)(F)SCCC(CCl)Cc1ccc(Br)cc1. The van der Waals surface area contributed by atoms with E-state index in [1.165, 1.54) is 0 Å². The van der Waals surface area contributed by atoms with Gasteiger partial charge in [0.15, 0.2) is 0 Å². The van der Waals surface area contributed by atoms with Crippen molar-refractivity contribution in [2.45, 2.75) is 18.3 Å². The van der Waals surface area contributed by atoms with E-state index in [-0.39, 0.29) is 23.4 Å². The van der Waals surface area contributed by atoms with Gasteiger partial charge in [0.05, 0.1) is 0 Å². The first-order chi connectivity index (χ1) is 8.40. The molecule has 1 aromatic carbocycles. The lowest BCUT2D eigenvalue weighted by atomic mass is 9.99. The fourth-order valence-electron chi connectivity index (χ4n) is 1.53. The summed E-state index contributed by atoms with van der Waals surface area (Å²) < 4.78 is 37.0. The highest BCUT2D eigenvalue weighted by Gasteiger charge is 2.27. The lowest BCUT2D eigenvalue weighted by Crippen LogP contribution is -2.10. The molecular formula is C12H13BrClF3S. The van der Waals surface area contributed by atoms with Gasteiger partial charge in [-0.25, -0.2) is 0 Å². The van der Waals surface area contributed by atoms with Crippen molar-refractivity contribution in [2.75, 3.05) is 11.6 Å². The molecule has 1 unspecified atom stereocenters. The van der Waals surface area contributed by atoms with Gasteiger partial charge in [0.25, 0.3) is 0 Å². The second-order valence-electron chi connectivity index (χ2n) is 3.93. The molecule has 0 N–H and O–H groups in total. The molecule has 0 bridgehead atoms. The van der Waals surface area contributed by atoms with Crippen molar-refractivity contribution in [2.24, 2.45) is 5.92 Å². The van der Waals surface area contributed by atoms with Crippen LogP contribution in [0.15, 0.2) is 28.7 Å². The first-order valence-corrected chi connectivity index (χ1v) is 7.73. The summed E-state index contributed by atoms with van der Waals surface area (Å²) in [6, 6.07) is 7.76. The summed E-state index contributed by atoms with van der Waals surface area (Å²) >= 11 is 9.16. The largest absolute Gasteiger partial charge is 0.441 e. The topological polar surface area (TPSA) is 0 Å². The Balaban J connectivity index is 2.40. The van der Waals surface area contributed by atoms with Crippen molar-refractivity contribution < 1.29 is 13.2 Å². The second-order valence-corrected chi connectivity index (χ2v) is 6.32. The van der Waals surface area contributed by atoms with E-state index in [4.69, 9.17) is 11.6 Å². The Morgan fingerprint density at radius 2 is 1.83 bits per heavy atom. The molecule has 0 nitrogen and oxygen atoms in total. The molecule has 0 fully saturated rings. The number of rotatable bonds is 6. The zero-order valence-corrected chi connectivity index (χ0v) is 12.7. The Labute approximate surface area is 122 Å². The number of benzene rings is 1. The number of hydrogen-bond acceptors (Lipinski definition) is 1. The molecule has 102 valence electrons. The summed E-state index contributed by atoms with van der Waals surface area (Å²) in [7, 11) is 0. The van der Waals surface area contributed by atoms with Crippen LogP contribution >= 0.6 is 39.3 Å². The minimum Gasteiger partial charge on any atom is -0.160 e. The molecule has 18 heavy (non-hydrogen) atoms. The molecule has 1 rings (SSSR count). The predicted molar refractivity (Wildman–Crippen MR) is 75.2 cm³/mol. The quantitative estimate of drug-likeness (QED) is 0.604. The van der Waals surface area contributed by atoms with Crippen LogP contribution in [-0.2, 0) is 6.42 Å². The Bertz CT molecular complexity index is 353. The molecule has 1 atom stereocenters. The van der Waals surface area contributed by atoms with Crippen molar-refractivity contribution in [3.63, 3.8) is 0 Å². The van der Waals surface area contributed by atoms with E-state index in [2.05, 4.69) is 15.9 Å². The minimum atomic E-state index is -4.14. The van der Waals surface area contributed by atoms with Gasteiger partial charge in [0.1, 0.15) is 0 Å². The molecule has 0 saturated heterocycles. The molecule has 0 aliphatic rings. The van der Waals surface area contributed by atoms with Crippen molar-refractivity contribution in [1.82, 2.24) is 0 Å². The van der Waals surface area contributed by atoms with Crippen molar-refractivity contribution in [3.8, 4) is 0 Å². The van der Waals surface area contributed by atoms with Crippen LogP contribution in [0, 0.1) is 5.92 Å². The van der Waals surface area contributed by atoms with E-state index < -0.39 is 5.51 Å². The smallest absolute Gasteiger partial charge is 0.160 e. The summed E-state index contributed by atoms with van der Waals surface area (Å²) in [5.74, 6) is 0.536. The molecule has 0 aliphatic heterocycles. The van der Waals surface area contributed by atoms with Crippen molar-refractivity contribution >= 4 is 39.3 Å². The van der Waals surface area contributed by atoms with Crippen LogP contribution in [0.1, 0.15) is 12.0 Å². The fraction of sp³-hybridized carbons (Fsp3) is 0.500. The van der Waals surface area contributed by atoms with Gasteiger partial charge in [-0.3, -0.25) is 0 Å². The van der Waals surface area contributed by atoms with Crippen LogP contribution in [0.4, 0.5) is 13.2 Å². The number of hydrogen-bond donors (Lipinski definition) is 0. The van der Waals surface area contributed by atoms with Crippen LogP contribution in [0.3, 0.4) is 0 Å². The van der Waals surface area contributed by atoms with Gasteiger partial charge in [-0.05, 0) is 36.5 Å². The van der Waals surface area contributed by atoms with Gasteiger partial charge in [0, 0.05) is 16.1 Å². The maximum absolute atomic E-state index is 12.0. The summed E-state index contributed by atoms with van der Waals surface area (Å²) in [5, 5.41) is 0. The normalized spacial score (nSPS) is 13.6. The Morgan fingerprint density at radius 1 is 1.22 bits per heavy atom. The molecule has 0 amide bonds. The van der Waals surface area contributed by atoms with Gasteiger partial charge in [-0.15, -0.1) is 11.6 Å². The number of thioether (sulfide) groups is 1. The summed E-state index contributed by atoms with van der Waals surface area (Å²) in [6.07, 6.45) is 1.19. The van der Waals surface area contributed by atoms with Gasteiger partial charge in [0.2, 0.25) is 0 Å². The third-order valence-corrected chi connectivity index (χ3v) is 4.18. The summed E-state index contributed by atoms with van der Waals surface area (Å²) in [5.41, 5.74) is -3.05. The monoisotopic (exact) mass is 360 g/mol. The average Bonchev–Trinajstić information content (AvgIpc) is 2.29. The molecule has 0 spiro atoms. The van der Waals surface area contributed by atoms with Crippen molar-refractivity contribution in [3.05, 3.63) is 34.3 Å². The molecule has 0 aromatic heterocycles. The lowest BCUT2D eigenvalue weighted by molar-refractivity contribution is -0.0328. The third-order valence-electron chi connectivity index (χ3n) is 2.45. The highest BCUT2D eigenvalue weighted by Crippen LogP contribution is 2.31. The second kappa shape index (κ2) is 7.65. The van der Waals surface area contributed by atoms with E-state index in [1.807, 2.05) is 24.3 Å². The molecule has 1 aromatic rings. The maximum atomic E-state index is 12.0. The van der Waals surface area contributed by atoms with E-state index in [1.54, 1.807) is 0 Å². The van der Waals surface area contributed by atoms with Crippen LogP contribution in [0.2, 0.25) is 0 Å². The van der Waals surface area contributed by atoms with E-state index in [0.29, 0.717) is 12.3 Å². The van der Waals surface area contributed by atoms with Gasteiger partial charge >= 0.3 is 5.51 Å². The Morgan fingerprint density at radius 3 is 2.33 bits per heavy atom. The highest BCUT2D eigenvalue weighted by atomic mass is 79.9. The van der Waals surface area contributed by atoms with Gasteiger partial charge < -0.3 is 0 Å². The first-order valence-electron chi connectivity index (χ1n) is 5.42. The predicted octanol–water partition coefficient (Wildman–Crippen LogP) is 5.49. The summed E-state index contributed by atoms with van der Waals surface area (Å²) in [4.78, 5) is 0. The zero-order chi connectivity index (χ0) is 13.6. The van der Waals surface area contributed by atoms with E-state index in [0.717, 1.165) is 16.5 Å². The van der Waals surface area contributed by atoms with E-state index in [9.17, 15) is 13.2 Å². The third kappa shape index (κ3) is 6.90. The molecule has 0 radical (unpaired) electrons. The van der Waals surface area contributed by atoms with Crippen LogP contribution in [-0.4, -0.2) is 17.1 Å². The van der Waals surface area contributed by atoms with Gasteiger partial charge in [-0.1, -0.05) is 39.8 Å². The van der Waals surface area contributed by atoms with Crippen LogP contribution in [0.25, 0.3) is 0 Å². The first kappa shape index (κ1) is 16.2. The van der Waals surface area contributed by atoms with Crippen LogP contribution < -0.4 is 0 Å². The summed E-state index contributed by atoms with van der Waals surface area (Å²) in [6.45, 7) is 0. The number of alkyl halides is 4. The van der Waals surface area contributed by atoms with Gasteiger partial charge in [-0.2, -0.15) is 13.2 Å². The van der Waals surface area contributed by atoms with Crippen LogP contribution in [0.5, 0.6) is 0 Å². The highest BCUT2D eigenvalue weighted by molar-refractivity contribution is 9.10. The average molecular weight is 362 g/mol. The molecule has 0 heterocycles. The lowest BCUT2D eigenvalue weighted by Gasteiger charge is -2.14. The number of halogens is 5. The Hall–Kier alpha value is 0.130. The van der Waals surface area contributed by atoms with E-state index >= 15 is 0 Å². The maximum Gasteiger partial charge on any atom is 0.441 e. The molecule has 6 heteroatoms. The Kier molecular flexibility index (Phi) is 6.88. The minimum absolute atomic E-state index is 0.0241. The van der Waals surface area contributed by atoms with Crippen molar-refractivity contribution in [1.29, 1.82) is 0 Å². The zero-order valence-electron chi connectivity index (χ0n) is 9.51. The molecular weight excluding hydrogens is 349 g/mol. The fourth-order valence-corrected chi connectivity index (χ4v) is 2.74. The standard InChI is InChI=1S/C12H13BrClF3S/c13-11-3-1-9(2-4-11)7-10(8-14)5-6-18-12(15,16)17/h1-4,10H,5-8H2. The molecule has 0 aliphatic carbocycles.